The predicted octanol–water partition coefficient (Wildman–Crippen LogP) is -1.56. The van der Waals surface area contributed by atoms with Crippen molar-refractivity contribution in [2.45, 2.75) is 63.2 Å². The zero-order valence-electron chi connectivity index (χ0n) is 16.1. The van der Waals surface area contributed by atoms with Crippen LogP contribution in [0.4, 0.5) is 0 Å². The molecule has 1 aliphatic rings. The molecule has 11 heteroatoms. The zero-order chi connectivity index (χ0) is 21.3. The molecule has 1 heterocycles. The third kappa shape index (κ3) is 6.95. The SMILES string of the molecule is CC(NC(=O)C(N)CCCCN)C(=O)N1CCCC1C(=O)NC(CS)C(=O)O. The van der Waals surface area contributed by atoms with Crippen LogP contribution in [0.15, 0.2) is 0 Å². The average Bonchev–Trinajstić information content (AvgIpc) is 3.14. The highest BCUT2D eigenvalue weighted by Gasteiger charge is 2.37. The molecule has 0 aromatic heterocycles. The van der Waals surface area contributed by atoms with Crippen LogP contribution < -0.4 is 22.1 Å². The lowest BCUT2D eigenvalue weighted by Crippen LogP contribution is -2.56. The Balaban J connectivity index is 2.64. The van der Waals surface area contributed by atoms with E-state index in [0.29, 0.717) is 32.4 Å². The van der Waals surface area contributed by atoms with Crippen molar-refractivity contribution in [3.05, 3.63) is 0 Å². The number of hydrogen-bond donors (Lipinski definition) is 6. The largest absolute Gasteiger partial charge is 0.480 e. The van der Waals surface area contributed by atoms with Crippen molar-refractivity contribution in [3.63, 3.8) is 0 Å². The molecule has 1 rings (SSSR count). The van der Waals surface area contributed by atoms with Crippen LogP contribution in [0, 0.1) is 0 Å². The van der Waals surface area contributed by atoms with E-state index in [2.05, 4.69) is 23.3 Å². The van der Waals surface area contributed by atoms with Gasteiger partial charge in [-0.2, -0.15) is 12.6 Å². The quantitative estimate of drug-likeness (QED) is 0.174. The minimum Gasteiger partial charge on any atom is -0.480 e. The number of unbranched alkanes of at least 4 members (excludes halogenated alkanes) is 1. The number of aliphatic carboxylic acids is 1. The molecule has 1 saturated heterocycles. The van der Waals surface area contributed by atoms with Gasteiger partial charge in [-0.15, -0.1) is 0 Å². The average molecular weight is 418 g/mol. The molecule has 160 valence electrons. The number of carbonyl (C=O) groups excluding carboxylic acids is 3. The smallest absolute Gasteiger partial charge is 0.327 e. The summed E-state index contributed by atoms with van der Waals surface area (Å²) in [6.45, 7) is 2.42. The van der Waals surface area contributed by atoms with Crippen LogP contribution in [0.1, 0.15) is 39.0 Å². The molecule has 0 aromatic rings. The van der Waals surface area contributed by atoms with E-state index in [-0.39, 0.29) is 5.75 Å². The molecule has 7 N–H and O–H groups in total. The second-order valence-electron chi connectivity index (χ2n) is 6.89. The van der Waals surface area contributed by atoms with Gasteiger partial charge in [0.05, 0.1) is 6.04 Å². The molecule has 0 aliphatic carbocycles. The molecule has 3 amide bonds. The Hall–Kier alpha value is -1.85. The number of carboxylic acid groups (broad SMARTS) is 1. The van der Waals surface area contributed by atoms with Gasteiger partial charge < -0.3 is 32.1 Å². The van der Waals surface area contributed by atoms with Gasteiger partial charge >= 0.3 is 5.97 Å². The fraction of sp³-hybridized carbons (Fsp3) is 0.765. The maximum absolute atomic E-state index is 12.7. The molecular weight excluding hydrogens is 386 g/mol. The van der Waals surface area contributed by atoms with Crippen LogP contribution in [0.2, 0.25) is 0 Å². The molecule has 0 saturated carbocycles. The van der Waals surface area contributed by atoms with E-state index in [9.17, 15) is 19.2 Å². The van der Waals surface area contributed by atoms with Crippen LogP contribution >= 0.6 is 12.6 Å². The first-order valence-corrected chi connectivity index (χ1v) is 10.1. The van der Waals surface area contributed by atoms with Gasteiger partial charge in [-0.25, -0.2) is 4.79 Å². The monoisotopic (exact) mass is 417 g/mol. The number of nitrogens with two attached hydrogens (primary N) is 2. The number of thiol groups is 1. The van der Waals surface area contributed by atoms with E-state index < -0.39 is 47.9 Å². The Labute approximate surface area is 170 Å². The van der Waals surface area contributed by atoms with Gasteiger partial charge in [-0.1, -0.05) is 6.42 Å². The predicted molar refractivity (Wildman–Crippen MR) is 107 cm³/mol. The Bertz CT molecular complexity index is 576. The van der Waals surface area contributed by atoms with Crippen LogP contribution in [0.5, 0.6) is 0 Å². The summed E-state index contributed by atoms with van der Waals surface area (Å²) in [6, 6.07) is -3.48. The van der Waals surface area contributed by atoms with Gasteiger partial charge in [-0.3, -0.25) is 14.4 Å². The van der Waals surface area contributed by atoms with Crippen molar-refractivity contribution in [1.82, 2.24) is 15.5 Å². The standard InChI is InChI=1S/C17H31N5O5S/c1-10(20-14(23)11(19)5-2-3-7-18)16(25)22-8-4-6-13(22)15(24)21-12(9-28)17(26)27/h10-13,28H,2-9,18-19H2,1H3,(H,20,23)(H,21,24)(H,26,27). The third-order valence-electron chi connectivity index (χ3n) is 4.67. The first kappa shape index (κ1) is 24.2. The van der Waals surface area contributed by atoms with Crippen LogP contribution in [0.3, 0.4) is 0 Å². The van der Waals surface area contributed by atoms with Crippen LogP contribution in [-0.2, 0) is 19.2 Å². The minimum atomic E-state index is -1.19. The molecule has 0 aromatic carbocycles. The minimum absolute atomic E-state index is 0.0593. The zero-order valence-corrected chi connectivity index (χ0v) is 17.0. The molecule has 1 aliphatic heterocycles. The Morgan fingerprint density at radius 3 is 2.50 bits per heavy atom. The van der Waals surface area contributed by atoms with E-state index in [4.69, 9.17) is 16.6 Å². The highest BCUT2D eigenvalue weighted by atomic mass is 32.1. The van der Waals surface area contributed by atoms with Gasteiger partial charge in [0.15, 0.2) is 0 Å². The number of carboxylic acids is 1. The van der Waals surface area contributed by atoms with Gasteiger partial charge in [-0.05, 0) is 39.2 Å². The third-order valence-corrected chi connectivity index (χ3v) is 5.04. The second kappa shape index (κ2) is 11.9. The number of likely N-dealkylation sites (tertiary alicyclic amines) is 1. The van der Waals surface area contributed by atoms with Gasteiger partial charge in [0.25, 0.3) is 0 Å². The highest BCUT2D eigenvalue weighted by Crippen LogP contribution is 2.19. The first-order valence-electron chi connectivity index (χ1n) is 9.43. The van der Waals surface area contributed by atoms with Gasteiger partial charge in [0.1, 0.15) is 18.1 Å². The maximum Gasteiger partial charge on any atom is 0.327 e. The molecule has 0 radical (unpaired) electrons. The number of hydrogen-bond acceptors (Lipinski definition) is 7. The van der Waals surface area contributed by atoms with Gasteiger partial charge in [0.2, 0.25) is 17.7 Å². The van der Waals surface area contributed by atoms with Crippen molar-refractivity contribution in [3.8, 4) is 0 Å². The summed E-state index contributed by atoms with van der Waals surface area (Å²) in [5.41, 5.74) is 11.2. The summed E-state index contributed by atoms with van der Waals surface area (Å²) >= 11 is 3.91. The van der Waals surface area contributed by atoms with Crippen molar-refractivity contribution in [1.29, 1.82) is 0 Å². The van der Waals surface area contributed by atoms with Crippen molar-refractivity contribution >= 4 is 36.3 Å². The van der Waals surface area contributed by atoms with E-state index in [1.54, 1.807) is 0 Å². The van der Waals surface area contributed by atoms with Crippen LogP contribution in [0.25, 0.3) is 0 Å². The number of amides is 3. The Morgan fingerprint density at radius 2 is 1.93 bits per heavy atom. The molecule has 4 unspecified atom stereocenters. The number of rotatable bonds is 11. The molecule has 0 spiro atoms. The fourth-order valence-electron chi connectivity index (χ4n) is 3.03. The fourth-order valence-corrected chi connectivity index (χ4v) is 3.27. The lowest BCUT2D eigenvalue weighted by molar-refractivity contribution is -0.144. The molecule has 10 nitrogen and oxygen atoms in total. The normalized spacial score (nSPS) is 19.6. The lowest BCUT2D eigenvalue weighted by Gasteiger charge is -2.28. The lowest BCUT2D eigenvalue weighted by atomic mass is 10.1. The highest BCUT2D eigenvalue weighted by molar-refractivity contribution is 7.80. The summed E-state index contributed by atoms with van der Waals surface area (Å²) < 4.78 is 0. The second-order valence-corrected chi connectivity index (χ2v) is 7.26. The molecule has 0 bridgehead atoms. The summed E-state index contributed by atoms with van der Waals surface area (Å²) in [5.74, 6) is -2.62. The molecular formula is C17H31N5O5S. The van der Waals surface area contributed by atoms with E-state index >= 15 is 0 Å². The number of nitrogens with one attached hydrogen (secondary N) is 2. The maximum atomic E-state index is 12.7. The van der Waals surface area contributed by atoms with E-state index in [1.165, 1.54) is 11.8 Å². The first-order chi connectivity index (χ1) is 13.2. The topological polar surface area (TPSA) is 168 Å². The Morgan fingerprint density at radius 1 is 1.25 bits per heavy atom. The van der Waals surface area contributed by atoms with Crippen molar-refractivity contribution < 1.29 is 24.3 Å². The van der Waals surface area contributed by atoms with E-state index in [1.807, 2.05) is 0 Å². The number of carbonyl (C=O) groups is 4. The molecule has 1 fully saturated rings. The molecule has 4 atom stereocenters. The van der Waals surface area contributed by atoms with Crippen molar-refractivity contribution in [2.24, 2.45) is 11.5 Å². The summed E-state index contributed by atoms with van der Waals surface area (Å²) in [7, 11) is 0. The van der Waals surface area contributed by atoms with Crippen LogP contribution in [-0.4, -0.2) is 76.7 Å². The molecule has 28 heavy (non-hydrogen) atoms. The summed E-state index contributed by atoms with van der Waals surface area (Å²) in [5, 5.41) is 14.0. The summed E-state index contributed by atoms with van der Waals surface area (Å²) in [4.78, 5) is 49.7. The Kier molecular flexibility index (Phi) is 10.3. The summed E-state index contributed by atoms with van der Waals surface area (Å²) in [6.07, 6.45) is 3.00. The van der Waals surface area contributed by atoms with Crippen molar-refractivity contribution in [2.75, 3.05) is 18.8 Å². The number of nitrogens with zero attached hydrogens (tertiary/aromatic N) is 1. The van der Waals surface area contributed by atoms with Gasteiger partial charge in [0, 0.05) is 12.3 Å². The van der Waals surface area contributed by atoms with E-state index in [0.717, 1.165) is 12.8 Å².